The number of aryl methyl sites for hydroxylation is 1. The van der Waals surface area contributed by atoms with Crippen molar-refractivity contribution in [2.75, 3.05) is 5.32 Å². The van der Waals surface area contributed by atoms with Gasteiger partial charge in [0.15, 0.2) is 0 Å². The van der Waals surface area contributed by atoms with Crippen molar-refractivity contribution < 1.29 is 17.7 Å². The van der Waals surface area contributed by atoms with Crippen LogP contribution in [0.4, 0.5) is 24.7 Å². The summed E-state index contributed by atoms with van der Waals surface area (Å²) in [5.41, 5.74) is 0.363. The molecule has 0 atom stereocenters. The van der Waals surface area contributed by atoms with E-state index in [0.29, 0.717) is 16.9 Å². The van der Waals surface area contributed by atoms with Gasteiger partial charge in [-0.2, -0.15) is 18.2 Å². The molecule has 2 heterocycles. The summed E-state index contributed by atoms with van der Waals surface area (Å²) in [6.45, 7) is 1.70. The summed E-state index contributed by atoms with van der Waals surface area (Å²) in [4.78, 5) is 7.92. The molecule has 21 heavy (non-hydrogen) atoms. The summed E-state index contributed by atoms with van der Waals surface area (Å²) in [7, 11) is 0. The monoisotopic (exact) mass is 294 g/mol. The molecule has 0 saturated heterocycles. The van der Waals surface area contributed by atoms with Crippen LogP contribution >= 0.6 is 0 Å². The minimum atomic E-state index is -4.40. The Balaban J connectivity index is 2.01. The molecule has 108 valence electrons. The normalized spacial score (nSPS) is 11.8. The number of anilines is 2. The summed E-state index contributed by atoms with van der Waals surface area (Å²) in [6, 6.07) is 4.86. The van der Waals surface area contributed by atoms with Crippen molar-refractivity contribution in [2.45, 2.75) is 13.1 Å². The number of alkyl halides is 3. The lowest BCUT2D eigenvalue weighted by Crippen LogP contribution is -2.05. The van der Waals surface area contributed by atoms with Crippen LogP contribution in [-0.4, -0.2) is 15.1 Å². The van der Waals surface area contributed by atoms with Gasteiger partial charge >= 0.3 is 6.18 Å². The third-order valence-corrected chi connectivity index (χ3v) is 2.90. The fourth-order valence-corrected chi connectivity index (χ4v) is 1.93. The van der Waals surface area contributed by atoms with Crippen LogP contribution in [0.2, 0.25) is 0 Å². The maximum absolute atomic E-state index is 12.7. The Kier molecular flexibility index (Phi) is 3.00. The molecule has 1 N–H and O–H groups in total. The molecule has 3 aromatic rings. The zero-order valence-corrected chi connectivity index (χ0v) is 10.8. The third-order valence-electron chi connectivity index (χ3n) is 2.90. The van der Waals surface area contributed by atoms with Crippen LogP contribution in [0.3, 0.4) is 0 Å². The van der Waals surface area contributed by atoms with E-state index < -0.39 is 11.7 Å². The smallest absolute Gasteiger partial charge is 0.339 e. The van der Waals surface area contributed by atoms with Crippen LogP contribution in [0.5, 0.6) is 0 Å². The lowest BCUT2D eigenvalue weighted by Gasteiger charge is -2.10. The van der Waals surface area contributed by atoms with Crippen LogP contribution in [-0.2, 0) is 6.18 Å². The van der Waals surface area contributed by atoms with Gasteiger partial charge in [-0.25, -0.2) is 4.98 Å². The molecular weight excluding hydrogens is 285 g/mol. The van der Waals surface area contributed by atoms with Gasteiger partial charge in [-0.1, -0.05) is 11.2 Å². The van der Waals surface area contributed by atoms with E-state index in [-0.39, 0.29) is 11.4 Å². The molecule has 3 rings (SSSR count). The topological polar surface area (TPSA) is 63.8 Å². The van der Waals surface area contributed by atoms with Gasteiger partial charge in [-0.15, -0.1) is 0 Å². The largest absolute Gasteiger partial charge is 0.416 e. The second-order valence-corrected chi connectivity index (χ2v) is 4.37. The van der Waals surface area contributed by atoms with Crippen LogP contribution in [0.15, 0.2) is 35.1 Å². The first-order chi connectivity index (χ1) is 9.95. The molecule has 0 amide bonds. The number of fused-ring (bicyclic) bond motifs is 1. The predicted molar refractivity (Wildman–Crippen MR) is 69.1 cm³/mol. The highest BCUT2D eigenvalue weighted by Gasteiger charge is 2.30. The Morgan fingerprint density at radius 2 is 2.00 bits per heavy atom. The van der Waals surface area contributed by atoms with E-state index in [4.69, 9.17) is 4.52 Å². The second-order valence-electron chi connectivity index (χ2n) is 4.37. The van der Waals surface area contributed by atoms with Crippen molar-refractivity contribution in [2.24, 2.45) is 0 Å². The van der Waals surface area contributed by atoms with Crippen LogP contribution in [0, 0.1) is 6.92 Å². The van der Waals surface area contributed by atoms with Crippen molar-refractivity contribution in [3.63, 3.8) is 0 Å². The molecule has 0 aliphatic rings. The number of nitrogens with one attached hydrogen (secondary N) is 1. The van der Waals surface area contributed by atoms with E-state index in [9.17, 15) is 13.2 Å². The summed E-state index contributed by atoms with van der Waals surface area (Å²) in [5, 5.41) is 7.13. The fraction of sp³-hybridized carbons (Fsp3) is 0.154. The highest BCUT2D eigenvalue weighted by molar-refractivity contribution is 5.89. The van der Waals surface area contributed by atoms with E-state index in [2.05, 4.69) is 20.4 Å². The van der Waals surface area contributed by atoms with Crippen LogP contribution < -0.4 is 5.32 Å². The molecule has 8 heteroatoms. The fourth-order valence-electron chi connectivity index (χ4n) is 1.93. The van der Waals surface area contributed by atoms with E-state index in [0.717, 1.165) is 12.1 Å². The Morgan fingerprint density at radius 3 is 2.76 bits per heavy atom. The van der Waals surface area contributed by atoms with Gasteiger partial charge in [0, 0.05) is 5.69 Å². The number of aromatic nitrogens is 3. The maximum atomic E-state index is 12.7. The molecule has 2 aromatic heterocycles. The number of benzene rings is 1. The van der Waals surface area contributed by atoms with Gasteiger partial charge in [-0.3, -0.25) is 0 Å². The lowest BCUT2D eigenvalue weighted by atomic mass is 10.2. The van der Waals surface area contributed by atoms with Crippen molar-refractivity contribution >= 4 is 22.6 Å². The van der Waals surface area contributed by atoms with Gasteiger partial charge in [0.05, 0.1) is 11.3 Å². The molecule has 0 unspecified atom stereocenters. The van der Waals surface area contributed by atoms with Crippen molar-refractivity contribution in [3.8, 4) is 0 Å². The predicted octanol–water partition coefficient (Wildman–Crippen LogP) is 3.69. The highest BCUT2D eigenvalue weighted by Crippen LogP contribution is 2.32. The molecule has 0 aliphatic carbocycles. The Morgan fingerprint density at radius 1 is 1.19 bits per heavy atom. The number of rotatable bonds is 2. The van der Waals surface area contributed by atoms with E-state index in [1.165, 1.54) is 18.5 Å². The Labute approximate surface area is 116 Å². The minimum absolute atomic E-state index is 0.269. The van der Waals surface area contributed by atoms with Crippen molar-refractivity contribution in [1.29, 1.82) is 0 Å². The first-order valence-electron chi connectivity index (χ1n) is 5.96. The molecule has 0 fully saturated rings. The van der Waals surface area contributed by atoms with Crippen LogP contribution in [0.1, 0.15) is 11.3 Å². The van der Waals surface area contributed by atoms with Gasteiger partial charge in [0.2, 0.25) is 0 Å². The van der Waals surface area contributed by atoms with Gasteiger partial charge in [-0.05, 0) is 25.1 Å². The molecular formula is C13H9F3N4O. The quantitative estimate of drug-likeness (QED) is 0.781. The van der Waals surface area contributed by atoms with E-state index >= 15 is 0 Å². The van der Waals surface area contributed by atoms with Gasteiger partial charge in [0.25, 0.3) is 5.71 Å². The summed E-state index contributed by atoms with van der Waals surface area (Å²) in [5.74, 6) is 0.345. The first-order valence-corrected chi connectivity index (χ1v) is 5.96. The maximum Gasteiger partial charge on any atom is 0.416 e. The molecule has 0 aliphatic heterocycles. The number of hydrogen-bond donors (Lipinski definition) is 1. The zero-order valence-electron chi connectivity index (χ0n) is 10.8. The Bertz CT molecular complexity index is 797. The average molecular weight is 294 g/mol. The zero-order chi connectivity index (χ0) is 15.0. The van der Waals surface area contributed by atoms with Gasteiger partial charge < -0.3 is 9.84 Å². The third kappa shape index (κ3) is 2.51. The standard InChI is InChI=1S/C13H9F3N4O/c1-7-10-11(17-6-18-12(10)21-20-7)19-9-4-2-3-8(5-9)13(14,15)16/h2-6H,1H3,(H,17,18,19). The van der Waals surface area contributed by atoms with E-state index in [1.54, 1.807) is 6.92 Å². The number of halogens is 3. The Hall–Kier alpha value is -2.64. The van der Waals surface area contributed by atoms with E-state index in [1.807, 2.05) is 0 Å². The van der Waals surface area contributed by atoms with Crippen LogP contribution in [0.25, 0.3) is 11.1 Å². The second kappa shape index (κ2) is 4.72. The summed E-state index contributed by atoms with van der Waals surface area (Å²) >= 11 is 0. The summed E-state index contributed by atoms with van der Waals surface area (Å²) in [6.07, 6.45) is -3.14. The van der Waals surface area contributed by atoms with Crippen molar-refractivity contribution in [1.82, 2.24) is 15.1 Å². The SMILES string of the molecule is Cc1noc2ncnc(Nc3cccc(C(F)(F)F)c3)c12. The van der Waals surface area contributed by atoms with Crippen molar-refractivity contribution in [3.05, 3.63) is 41.9 Å². The first kappa shape index (κ1) is 13.3. The molecule has 1 aromatic carbocycles. The number of nitrogens with zero attached hydrogens (tertiary/aromatic N) is 3. The molecule has 0 saturated carbocycles. The molecule has 0 radical (unpaired) electrons. The molecule has 5 nitrogen and oxygen atoms in total. The summed E-state index contributed by atoms with van der Waals surface area (Å²) < 4.78 is 43.1. The van der Waals surface area contributed by atoms with Gasteiger partial charge in [0.1, 0.15) is 17.5 Å². The highest BCUT2D eigenvalue weighted by atomic mass is 19.4. The minimum Gasteiger partial charge on any atom is -0.339 e. The molecule has 0 spiro atoms. The number of hydrogen-bond acceptors (Lipinski definition) is 5. The lowest BCUT2D eigenvalue weighted by molar-refractivity contribution is -0.137. The average Bonchev–Trinajstić information content (AvgIpc) is 2.81. The molecule has 0 bridgehead atoms.